The first-order valence-corrected chi connectivity index (χ1v) is 13.6. The molecule has 2 unspecified atom stereocenters. The Morgan fingerprint density at radius 3 is 2.44 bits per heavy atom. The highest BCUT2D eigenvalue weighted by atomic mass is 32.2. The normalized spacial score (nSPS) is 20.0. The summed E-state index contributed by atoms with van der Waals surface area (Å²) >= 11 is 1.48. The van der Waals surface area contributed by atoms with Crippen molar-refractivity contribution in [1.29, 1.82) is 0 Å². The number of aliphatic hydroxyl groups is 1. The summed E-state index contributed by atoms with van der Waals surface area (Å²) < 4.78 is 0. The van der Waals surface area contributed by atoms with Crippen LogP contribution in [0.4, 0.5) is 0 Å². The van der Waals surface area contributed by atoms with Crippen molar-refractivity contribution in [2.75, 3.05) is 5.88 Å². The van der Waals surface area contributed by atoms with Gasteiger partial charge in [0.05, 0.1) is 17.3 Å². The Hall–Kier alpha value is -2.84. The molecule has 7 nitrogen and oxygen atoms in total. The molecule has 2 N–H and O–H groups in total. The van der Waals surface area contributed by atoms with Gasteiger partial charge in [-0.1, -0.05) is 61.5 Å². The molecule has 0 aliphatic carbocycles. The summed E-state index contributed by atoms with van der Waals surface area (Å²) in [4.78, 5) is 42.7. The molecule has 3 rings (SSSR count). The molecular weight excluding hydrogens is 474 g/mol. The number of thioether (sulfide) groups is 1. The highest BCUT2D eigenvalue weighted by Crippen LogP contribution is 2.27. The van der Waals surface area contributed by atoms with Gasteiger partial charge in [-0.15, -0.1) is 11.8 Å². The Labute approximate surface area is 218 Å². The summed E-state index contributed by atoms with van der Waals surface area (Å²) in [6.07, 6.45) is -0.189. The van der Waals surface area contributed by atoms with Crippen LogP contribution in [0.15, 0.2) is 54.6 Å². The monoisotopic (exact) mass is 511 g/mol. The van der Waals surface area contributed by atoms with Gasteiger partial charge >= 0.3 is 0 Å². The van der Waals surface area contributed by atoms with Gasteiger partial charge in [-0.05, 0) is 50.3 Å². The molecule has 4 atom stereocenters. The van der Waals surface area contributed by atoms with Crippen LogP contribution in [0, 0.1) is 6.92 Å². The Morgan fingerprint density at radius 1 is 1.11 bits per heavy atom. The van der Waals surface area contributed by atoms with Crippen LogP contribution in [0.1, 0.15) is 50.3 Å². The van der Waals surface area contributed by atoms with E-state index in [2.05, 4.69) is 5.32 Å². The SMILES string of the molecule is CCCC(=O)NC(Cc1ccccc1)[C@H](O)C(=O)N1CSC(C)N(Cc2ccccc2C)C(=O)[C@@H]1C. The van der Waals surface area contributed by atoms with Gasteiger partial charge in [0.15, 0.2) is 6.10 Å². The Balaban J connectivity index is 1.79. The molecule has 36 heavy (non-hydrogen) atoms. The fourth-order valence-corrected chi connectivity index (χ4v) is 5.42. The van der Waals surface area contributed by atoms with Crippen LogP contribution in [-0.2, 0) is 27.3 Å². The van der Waals surface area contributed by atoms with Crippen molar-refractivity contribution >= 4 is 29.5 Å². The number of aliphatic hydroxyl groups excluding tert-OH is 1. The number of aryl methyl sites for hydroxylation is 1. The molecule has 2 aromatic carbocycles. The molecule has 1 fully saturated rings. The third-order valence-corrected chi connectivity index (χ3v) is 7.81. The fourth-order valence-electron chi connectivity index (χ4n) is 4.33. The molecule has 0 aromatic heterocycles. The van der Waals surface area contributed by atoms with E-state index in [1.807, 2.05) is 75.4 Å². The van der Waals surface area contributed by atoms with Gasteiger partial charge in [0.1, 0.15) is 6.04 Å². The molecule has 0 bridgehead atoms. The summed E-state index contributed by atoms with van der Waals surface area (Å²) in [6.45, 7) is 8.04. The smallest absolute Gasteiger partial charge is 0.254 e. The number of hydrogen-bond acceptors (Lipinski definition) is 5. The van der Waals surface area contributed by atoms with Gasteiger partial charge in [0.25, 0.3) is 5.91 Å². The van der Waals surface area contributed by atoms with Crippen molar-refractivity contribution in [3.63, 3.8) is 0 Å². The topological polar surface area (TPSA) is 89.9 Å². The number of nitrogens with zero attached hydrogens (tertiary/aromatic N) is 2. The predicted octanol–water partition coefficient (Wildman–Crippen LogP) is 3.48. The van der Waals surface area contributed by atoms with Crippen molar-refractivity contribution < 1.29 is 19.5 Å². The number of nitrogens with one attached hydrogen (secondary N) is 1. The third-order valence-electron chi connectivity index (χ3n) is 6.64. The van der Waals surface area contributed by atoms with E-state index in [9.17, 15) is 19.5 Å². The number of hydrogen-bond donors (Lipinski definition) is 2. The standard InChI is InChI=1S/C28H37N3O4S/c1-5-11-25(32)29-24(16-22-13-7-6-8-14-22)26(33)28(35)31-18-36-21(4)30(27(34)20(31)3)17-23-15-10-9-12-19(23)2/h6-10,12-15,20-21,24,26,33H,5,11,16-18H2,1-4H3,(H,29,32)/t20-,21?,24?,26-/m0/s1. The maximum Gasteiger partial charge on any atom is 0.254 e. The molecule has 3 amide bonds. The van der Waals surface area contributed by atoms with Crippen LogP contribution >= 0.6 is 11.8 Å². The average molecular weight is 512 g/mol. The van der Waals surface area contributed by atoms with Gasteiger partial charge in [-0.25, -0.2) is 0 Å². The second-order valence-electron chi connectivity index (χ2n) is 9.33. The first-order chi connectivity index (χ1) is 17.2. The Bertz CT molecular complexity index is 1050. The van der Waals surface area contributed by atoms with Crippen molar-refractivity contribution in [2.45, 2.75) is 77.1 Å². The summed E-state index contributed by atoms with van der Waals surface area (Å²) in [5.74, 6) is -0.649. The lowest BCUT2D eigenvalue weighted by molar-refractivity contribution is -0.150. The zero-order chi connectivity index (χ0) is 26.2. The molecular formula is C28H37N3O4S. The van der Waals surface area contributed by atoms with Gasteiger partial charge in [-0.3, -0.25) is 14.4 Å². The maximum atomic E-state index is 13.5. The first-order valence-electron chi connectivity index (χ1n) is 12.5. The van der Waals surface area contributed by atoms with E-state index in [-0.39, 0.29) is 23.1 Å². The Kier molecular flexibility index (Phi) is 9.96. The number of benzene rings is 2. The van der Waals surface area contributed by atoms with Crippen molar-refractivity contribution in [3.05, 3.63) is 71.3 Å². The maximum absolute atomic E-state index is 13.5. The largest absolute Gasteiger partial charge is 0.381 e. The summed E-state index contributed by atoms with van der Waals surface area (Å²) in [7, 11) is 0. The second-order valence-corrected chi connectivity index (χ2v) is 10.6. The lowest BCUT2D eigenvalue weighted by Gasteiger charge is -2.32. The van der Waals surface area contributed by atoms with E-state index < -0.39 is 24.1 Å². The highest BCUT2D eigenvalue weighted by Gasteiger charge is 2.40. The summed E-state index contributed by atoms with van der Waals surface area (Å²) in [5.41, 5.74) is 3.07. The molecule has 0 radical (unpaired) electrons. The van der Waals surface area contributed by atoms with Crippen LogP contribution in [0.3, 0.4) is 0 Å². The van der Waals surface area contributed by atoms with E-state index in [0.717, 1.165) is 16.7 Å². The van der Waals surface area contributed by atoms with E-state index >= 15 is 0 Å². The Morgan fingerprint density at radius 2 is 1.78 bits per heavy atom. The minimum absolute atomic E-state index is 0.140. The zero-order valence-electron chi connectivity index (χ0n) is 21.5. The predicted molar refractivity (Wildman–Crippen MR) is 143 cm³/mol. The van der Waals surface area contributed by atoms with Gasteiger partial charge in [0.2, 0.25) is 11.8 Å². The van der Waals surface area contributed by atoms with Crippen LogP contribution in [0.2, 0.25) is 0 Å². The molecule has 2 aromatic rings. The summed E-state index contributed by atoms with van der Waals surface area (Å²) in [6, 6.07) is 15.9. The highest BCUT2D eigenvalue weighted by molar-refractivity contribution is 7.99. The number of amides is 3. The van der Waals surface area contributed by atoms with E-state index in [1.165, 1.54) is 16.7 Å². The first kappa shape index (κ1) is 27.7. The zero-order valence-corrected chi connectivity index (χ0v) is 22.3. The summed E-state index contributed by atoms with van der Waals surface area (Å²) in [5, 5.41) is 13.9. The lowest BCUT2D eigenvalue weighted by Crippen LogP contribution is -2.56. The van der Waals surface area contributed by atoms with Crippen molar-refractivity contribution in [2.24, 2.45) is 0 Å². The van der Waals surface area contributed by atoms with Crippen LogP contribution in [-0.4, -0.2) is 62.1 Å². The molecule has 0 spiro atoms. The molecule has 194 valence electrons. The van der Waals surface area contributed by atoms with Crippen LogP contribution in [0.25, 0.3) is 0 Å². The van der Waals surface area contributed by atoms with Crippen molar-refractivity contribution in [1.82, 2.24) is 15.1 Å². The average Bonchev–Trinajstić information content (AvgIpc) is 2.96. The minimum Gasteiger partial charge on any atom is -0.381 e. The van der Waals surface area contributed by atoms with E-state index in [0.29, 0.717) is 25.8 Å². The number of carbonyl (C=O) groups is 3. The lowest BCUT2D eigenvalue weighted by atomic mass is 9.99. The fraction of sp³-hybridized carbons (Fsp3) is 0.464. The minimum atomic E-state index is -1.47. The molecule has 1 aliphatic rings. The van der Waals surface area contributed by atoms with Gasteiger partial charge in [0, 0.05) is 13.0 Å². The van der Waals surface area contributed by atoms with Crippen LogP contribution < -0.4 is 5.32 Å². The molecule has 1 aliphatic heterocycles. The number of carbonyl (C=O) groups excluding carboxylic acids is 3. The second kappa shape index (κ2) is 12.9. The van der Waals surface area contributed by atoms with Gasteiger partial charge in [-0.2, -0.15) is 0 Å². The molecule has 1 heterocycles. The quantitative estimate of drug-likeness (QED) is 0.538. The van der Waals surface area contributed by atoms with Crippen molar-refractivity contribution in [3.8, 4) is 0 Å². The van der Waals surface area contributed by atoms with E-state index in [1.54, 1.807) is 11.8 Å². The van der Waals surface area contributed by atoms with Crippen LogP contribution in [0.5, 0.6) is 0 Å². The number of rotatable bonds is 9. The molecule has 1 saturated heterocycles. The van der Waals surface area contributed by atoms with Gasteiger partial charge < -0.3 is 20.2 Å². The van der Waals surface area contributed by atoms with E-state index in [4.69, 9.17) is 0 Å². The third kappa shape index (κ3) is 6.89. The molecule has 8 heteroatoms. The molecule has 0 saturated carbocycles.